The van der Waals surface area contributed by atoms with Gasteiger partial charge in [-0.25, -0.2) is 9.78 Å². The number of carbonyl (C=O) groups is 2. The zero-order valence-corrected chi connectivity index (χ0v) is 9.80. The minimum absolute atomic E-state index is 0.0123. The Kier molecular flexibility index (Phi) is 4.39. The molecule has 0 fully saturated rings. The predicted octanol–water partition coefficient (Wildman–Crippen LogP) is 0.104. The summed E-state index contributed by atoms with van der Waals surface area (Å²) in [5.41, 5.74) is 5.23. The van der Waals surface area contributed by atoms with E-state index in [1.54, 1.807) is 0 Å². The molecule has 88 valence electrons. The molecule has 0 aliphatic carbocycles. The van der Waals surface area contributed by atoms with Crippen LogP contribution in [0.25, 0.3) is 0 Å². The number of esters is 1. The Labute approximate surface area is 96.4 Å². The first-order chi connectivity index (χ1) is 7.58. The summed E-state index contributed by atoms with van der Waals surface area (Å²) in [4.78, 5) is 26.7. The number of rotatable bonds is 5. The van der Waals surface area contributed by atoms with Gasteiger partial charge in [0.25, 0.3) is 0 Å². The summed E-state index contributed by atoms with van der Waals surface area (Å²) in [6.07, 6.45) is 0.0123. The van der Waals surface area contributed by atoms with Gasteiger partial charge in [-0.2, -0.15) is 0 Å². The molecule has 1 aromatic rings. The van der Waals surface area contributed by atoms with Gasteiger partial charge < -0.3 is 15.2 Å². The van der Waals surface area contributed by atoms with E-state index in [4.69, 9.17) is 10.5 Å². The van der Waals surface area contributed by atoms with Crippen LogP contribution < -0.4 is 5.73 Å². The highest BCUT2D eigenvalue weighted by Crippen LogP contribution is 2.20. The van der Waals surface area contributed by atoms with Crippen molar-refractivity contribution >= 4 is 23.2 Å². The lowest BCUT2D eigenvalue weighted by Gasteiger charge is -1.97. The molecule has 0 saturated carbocycles. The minimum Gasteiger partial charge on any atom is -0.464 e. The molecule has 0 aliphatic rings. The summed E-state index contributed by atoms with van der Waals surface area (Å²) >= 11 is 1.22. The van der Waals surface area contributed by atoms with Crippen molar-refractivity contribution < 1.29 is 19.1 Å². The number of aromatic nitrogens is 1. The van der Waals surface area contributed by atoms with Crippen LogP contribution in [0.2, 0.25) is 0 Å². The molecule has 0 spiro atoms. The maximum absolute atomic E-state index is 11.4. The van der Waals surface area contributed by atoms with Crippen molar-refractivity contribution in [1.29, 1.82) is 0 Å². The maximum Gasteiger partial charge on any atom is 0.357 e. The highest BCUT2D eigenvalue weighted by atomic mass is 32.1. The van der Waals surface area contributed by atoms with Crippen molar-refractivity contribution in [3.05, 3.63) is 15.6 Å². The molecule has 0 unspecified atom stereocenters. The molecule has 0 bridgehead atoms. The van der Waals surface area contributed by atoms with Crippen LogP contribution in [0.3, 0.4) is 0 Å². The Morgan fingerprint density at radius 3 is 2.62 bits per heavy atom. The second-order valence-electron chi connectivity index (χ2n) is 2.95. The number of amides is 1. The van der Waals surface area contributed by atoms with Crippen LogP contribution in [-0.4, -0.2) is 31.1 Å². The molecule has 0 aromatic carbocycles. The second-order valence-corrected chi connectivity index (χ2v) is 4.12. The van der Waals surface area contributed by atoms with Gasteiger partial charge >= 0.3 is 5.97 Å². The topological polar surface area (TPSA) is 91.5 Å². The van der Waals surface area contributed by atoms with Crippen molar-refractivity contribution in [1.82, 2.24) is 4.98 Å². The zero-order chi connectivity index (χ0) is 12.1. The Balaban J connectivity index is 2.99. The van der Waals surface area contributed by atoms with Gasteiger partial charge in [-0.1, -0.05) is 0 Å². The van der Waals surface area contributed by atoms with Gasteiger partial charge in [-0.05, 0) is 0 Å². The summed E-state index contributed by atoms with van der Waals surface area (Å²) in [5.74, 6) is -1.03. The molecule has 7 heteroatoms. The second kappa shape index (κ2) is 5.57. The fourth-order valence-electron chi connectivity index (χ4n) is 1.11. The predicted molar refractivity (Wildman–Crippen MR) is 57.1 cm³/mol. The lowest BCUT2D eigenvalue weighted by molar-refractivity contribution is -0.117. The summed E-state index contributed by atoms with van der Waals surface area (Å²) in [6, 6.07) is 0. The molecule has 1 aromatic heterocycles. The molecular formula is C9H12N2O4S. The SMILES string of the molecule is COCc1sc(CC(N)=O)nc1C(=O)OC. The fourth-order valence-corrected chi connectivity index (χ4v) is 2.15. The van der Waals surface area contributed by atoms with Gasteiger partial charge in [0.2, 0.25) is 5.91 Å². The molecular weight excluding hydrogens is 232 g/mol. The summed E-state index contributed by atoms with van der Waals surface area (Å²) < 4.78 is 9.50. The highest BCUT2D eigenvalue weighted by molar-refractivity contribution is 7.12. The Morgan fingerprint density at radius 2 is 2.12 bits per heavy atom. The number of ether oxygens (including phenoxy) is 2. The van der Waals surface area contributed by atoms with E-state index >= 15 is 0 Å². The molecule has 1 rings (SSSR count). The van der Waals surface area contributed by atoms with Gasteiger partial charge in [-0.15, -0.1) is 11.3 Å². The van der Waals surface area contributed by atoms with Crippen LogP contribution in [0.4, 0.5) is 0 Å². The Bertz CT molecular complexity index is 402. The first kappa shape index (κ1) is 12.6. The van der Waals surface area contributed by atoms with Crippen LogP contribution in [0, 0.1) is 0 Å². The number of nitrogens with two attached hydrogens (primary N) is 1. The van der Waals surface area contributed by atoms with E-state index in [0.717, 1.165) is 0 Å². The van der Waals surface area contributed by atoms with Crippen molar-refractivity contribution in [2.75, 3.05) is 14.2 Å². The third-order valence-corrected chi connectivity index (χ3v) is 2.75. The number of nitrogens with zero attached hydrogens (tertiary/aromatic N) is 1. The zero-order valence-electron chi connectivity index (χ0n) is 8.98. The lowest BCUT2D eigenvalue weighted by atomic mass is 10.3. The van der Waals surface area contributed by atoms with Gasteiger partial charge in [0, 0.05) is 7.11 Å². The number of hydrogen-bond donors (Lipinski definition) is 1. The fraction of sp³-hybridized carbons (Fsp3) is 0.444. The van der Waals surface area contributed by atoms with E-state index in [0.29, 0.717) is 9.88 Å². The molecule has 0 radical (unpaired) electrons. The van der Waals surface area contributed by atoms with Crippen LogP contribution in [0.15, 0.2) is 0 Å². The van der Waals surface area contributed by atoms with E-state index < -0.39 is 11.9 Å². The molecule has 16 heavy (non-hydrogen) atoms. The number of carbonyl (C=O) groups excluding carboxylic acids is 2. The number of thiazole rings is 1. The molecule has 1 amide bonds. The maximum atomic E-state index is 11.4. The van der Waals surface area contributed by atoms with Gasteiger partial charge in [0.1, 0.15) is 5.01 Å². The van der Waals surface area contributed by atoms with Crippen LogP contribution in [0.1, 0.15) is 20.4 Å². The molecule has 0 atom stereocenters. The molecule has 1 heterocycles. The molecule has 0 saturated heterocycles. The molecule has 2 N–H and O–H groups in total. The average molecular weight is 244 g/mol. The quantitative estimate of drug-likeness (QED) is 0.742. The largest absolute Gasteiger partial charge is 0.464 e. The van der Waals surface area contributed by atoms with Crippen molar-refractivity contribution in [2.24, 2.45) is 5.73 Å². The minimum atomic E-state index is -0.543. The first-order valence-electron chi connectivity index (χ1n) is 4.42. The van der Waals surface area contributed by atoms with E-state index in [1.165, 1.54) is 25.6 Å². The summed E-state index contributed by atoms with van der Waals surface area (Å²) in [6.45, 7) is 0.251. The molecule has 0 aliphatic heterocycles. The van der Waals surface area contributed by atoms with E-state index in [2.05, 4.69) is 9.72 Å². The smallest absolute Gasteiger partial charge is 0.357 e. The highest BCUT2D eigenvalue weighted by Gasteiger charge is 2.19. The van der Waals surface area contributed by atoms with Crippen LogP contribution in [-0.2, 0) is 27.3 Å². The number of hydrogen-bond acceptors (Lipinski definition) is 6. The number of primary amides is 1. The van der Waals surface area contributed by atoms with Gasteiger partial charge in [0.15, 0.2) is 5.69 Å². The van der Waals surface area contributed by atoms with Gasteiger partial charge in [-0.3, -0.25) is 4.79 Å². The Morgan fingerprint density at radius 1 is 1.44 bits per heavy atom. The third-order valence-electron chi connectivity index (χ3n) is 1.72. The van der Waals surface area contributed by atoms with Crippen LogP contribution in [0.5, 0.6) is 0 Å². The standard InChI is InChI=1S/C9H12N2O4S/c1-14-4-5-8(9(13)15-2)11-7(16-5)3-6(10)12/h3-4H2,1-2H3,(H2,10,12). The van der Waals surface area contributed by atoms with Gasteiger partial charge in [0.05, 0.1) is 25.0 Å². The summed E-state index contributed by atoms with van der Waals surface area (Å²) in [7, 11) is 2.78. The van der Waals surface area contributed by atoms with E-state index in [-0.39, 0.29) is 18.7 Å². The normalized spacial score (nSPS) is 10.1. The third kappa shape index (κ3) is 3.01. The monoisotopic (exact) mass is 244 g/mol. The average Bonchev–Trinajstić information content (AvgIpc) is 2.59. The number of methoxy groups -OCH3 is 2. The first-order valence-corrected chi connectivity index (χ1v) is 5.24. The lowest BCUT2D eigenvalue weighted by Crippen LogP contribution is -2.13. The van der Waals surface area contributed by atoms with E-state index in [9.17, 15) is 9.59 Å². The van der Waals surface area contributed by atoms with Crippen molar-refractivity contribution in [2.45, 2.75) is 13.0 Å². The van der Waals surface area contributed by atoms with Crippen molar-refractivity contribution in [3.63, 3.8) is 0 Å². The van der Waals surface area contributed by atoms with E-state index in [1.807, 2.05) is 0 Å². The van der Waals surface area contributed by atoms with Crippen molar-refractivity contribution in [3.8, 4) is 0 Å². The molecule has 6 nitrogen and oxygen atoms in total. The summed E-state index contributed by atoms with van der Waals surface area (Å²) in [5, 5.41) is 0.486. The van der Waals surface area contributed by atoms with Crippen LogP contribution >= 0.6 is 11.3 Å². The Hall–Kier alpha value is -1.47.